The summed E-state index contributed by atoms with van der Waals surface area (Å²) in [5, 5.41) is 5.28. The summed E-state index contributed by atoms with van der Waals surface area (Å²) in [6.07, 6.45) is 5.08. The number of rotatable bonds is 7. The van der Waals surface area contributed by atoms with Crippen molar-refractivity contribution in [3.05, 3.63) is 35.6 Å². The quantitative estimate of drug-likeness (QED) is 0.467. The van der Waals surface area contributed by atoms with Crippen LogP contribution in [-0.2, 0) is 20.0 Å². The number of aromatic nitrogens is 2. The van der Waals surface area contributed by atoms with Gasteiger partial charge < -0.3 is 18.8 Å². The minimum absolute atomic E-state index is 0.0182. The smallest absolute Gasteiger partial charge is 0.245 e. The Morgan fingerprint density at radius 2 is 1.69 bits per heavy atom. The fourth-order valence-electron chi connectivity index (χ4n) is 4.51. The zero-order valence-electron chi connectivity index (χ0n) is 19.7. The van der Waals surface area contributed by atoms with E-state index in [1.165, 1.54) is 20.3 Å². The van der Waals surface area contributed by atoms with Crippen LogP contribution in [0.3, 0.4) is 0 Å². The van der Waals surface area contributed by atoms with Crippen LogP contribution < -0.4 is 19.5 Å². The van der Waals surface area contributed by atoms with Crippen molar-refractivity contribution in [3.63, 3.8) is 0 Å². The lowest BCUT2D eigenvalue weighted by Crippen LogP contribution is -2.49. The molecule has 0 atom stereocenters. The van der Waals surface area contributed by atoms with Gasteiger partial charge in [0.25, 0.3) is 0 Å². The monoisotopic (exact) mass is 555 g/mol. The number of benzene rings is 1. The van der Waals surface area contributed by atoms with E-state index in [2.05, 4.69) is 9.88 Å². The van der Waals surface area contributed by atoms with E-state index in [1.807, 2.05) is 18.3 Å². The molecule has 36 heavy (non-hydrogen) atoms. The van der Waals surface area contributed by atoms with Crippen LogP contribution in [0, 0.1) is 0 Å². The summed E-state index contributed by atoms with van der Waals surface area (Å²) in [5.74, 6) is -0.121. The molecule has 1 aliphatic heterocycles. The van der Waals surface area contributed by atoms with Gasteiger partial charge in [-0.05, 0) is 25.0 Å². The SMILES string of the molecule is COc1c(Cl)cc(-c2cn3ccc(N4CCN(S(=O)(=O)C5CC5)CC4)cc3n2)c(OC)c1S(N)(=O)=O. The number of halogens is 1. The van der Waals surface area contributed by atoms with Gasteiger partial charge in [0.1, 0.15) is 5.65 Å². The maximum Gasteiger partial charge on any atom is 0.245 e. The maximum absolute atomic E-state index is 12.5. The highest BCUT2D eigenvalue weighted by molar-refractivity contribution is 7.90. The van der Waals surface area contributed by atoms with Crippen LogP contribution >= 0.6 is 11.6 Å². The van der Waals surface area contributed by atoms with E-state index < -0.39 is 20.0 Å². The van der Waals surface area contributed by atoms with Crippen molar-refractivity contribution >= 4 is 43.0 Å². The van der Waals surface area contributed by atoms with Gasteiger partial charge in [0, 0.05) is 55.9 Å². The number of imidazole rings is 1. The Bertz CT molecular complexity index is 1540. The Balaban J connectivity index is 1.47. The van der Waals surface area contributed by atoms with Crippen LogP contribution in [0.2, 0.25) is 5.02 Å². The maximum atomic E-state index is 12.5. The number of piperazine rings is 1. The lowest BCUT2D eigenvalue weighted by molar-refractivity contribution is 0.374. The predicted octanol–water partition coefficient (Wildman–Crippen LogP) is 1.93. The molecule has 2 aliphatic rings. The molecule has 0 radical (unpaired) electrons. The zero-order chi connectivity index (χ0) is 25.8. The number of anilines is 1. The van der Waals surface area contributed by atoms with Crippen LogP contribution in [0.4, 0.5) is 5.69 Å². The van der Waals surface area contributed by atoms with Crippen molar-refractivity contribution in [1.29, 1.82) is 0 Å². The number of primary sulfonamides is 1. The molecule has 1 saturated heterocycles. The highest BCUT2D eigenvalue weighted by Crippen LogP contribution is 2.45. The summed E-state index contributed by atoms with van der Waals surface area (Å²) in [6.45, 7) is 2.05. The first-order valence-corrected chi connectivity index (χ1v) is 14.7. The second-order valence-corrected chi connectivity index (χ2v) is 12.9. The van der Waals surface area contributed by atoms with Crippen LogP contribution in [0.1, 0.15) is 12.8 Å². The number of hydrogen-bond donors (Lipinski definition) is 1. The first-order chi connectivity index (χ1) is 17.0. The summed E-state index contributed by atoms with van der Waals surface area (Å²) < 4.78 is 63.7. The molecule has 3 heterocycles. The summed E-state index contributed by atoms with van der Waals surface area (Å²) >= 11 is 6.32. The minimum Gasteiger partial charge on any atom is -0.494 e. The molecule has 14 heteroatoms. The van der Waals surface area contributed by atoms with E-state index in [9.17, 15) is 16.8 Å². The number of fused-ring (bicyclic) bond motifs is 1. The van der Waals surface area contributed by atoms with Crippen molar-refractivity contribution in [2.45, 2.75) is 23.0 Å². The summed E-state index contributed by atoms with van der Waals surface area (Å²) in [6, 6.07) is 5.35. The fourth-order valence-corrected chi connectivity index (χ4v) is 7.57. The highest BCUT2D eigenvalue weighted by atomic mass is 35.5. The first kappa shape index (κ1) is 25.1. The van der Waals surface area contributed by atoms with Crippen LogP contribution in [0.15, 0.2) is 35.5 Å². The fraction of sp³-hybridized carbons (Fsp3) is 0.409. The number of sulfonamides is 2. The van der Waals surface area contributed by atoms with Gasteiger partial charge >= 0.3 is 0 Å². The van der Waals surface area contributed by atoms with Gasteiger partial charge in [-0.25, -0.2) is 27.0 Å². The van der Waals surface area contributed by atoms with E-state index in [-0.39, 0.29) is 26.7 Å². The molecule has 2 N–H and O–H groups in total. The molecule has 1 aromatic carbocycles. The second kappa shape index (κ2) is 9.06. The third-order valence-electron chi connectivity index (χ3n) is 6.47. The van der Waals surface area contributed by atoms with Gasteiger partial charge in [0.05, 0.1) is 30.2 Å². The number of ether oxygens (including phenoxy) is 2. The van der Waals surface area contributed by atoms with Crippen molar-refractivity contribution in [3.8, 4) is 22.8 Å². The van der Waals surface area contributed by atoms with Crippen LogP contribution in [0.25, 0.3) is 16.9 Å². The van der Waals surface area contributed by atoms with Gasteiger partial charge in [-0.2, -0.15) is 4.31 Å². The van der Waals surface area contributed by atoms with Crippen molar-refractivity contribution in [2.75, 3.05) is 45.3 Å². The van der Waals surface area contributed by atoms with Crippen LogP contribution in [-0.4, -0.2) is 76.2 Å². The van der Waals surface area contributed by atoms with Gasteiger partial charge in [-0.3, -0.25) is 0 Å². The van der Waals surface area contributed by atoms with E-state index in [1.54, 1.807) is 14.9 Å². The highest BCUT2D eigenvalue weighted by Gasteiger charge is 2.41. The predicted molar refractivity (Wildman–Crippen MR) is 136 cm³/mol. The van der Waals surface area contributed by atoms with E-state index in [0.717, 1.165) is 18.5 Å². The number of nitrogens with zero attached hydrogens (tertiary/aromatic N) is 4. The molecule has 5 rings (SSSR count). The summed E-state index contributed by atoms with van der Waals surface area (Å²) in [5.41, 5.74) is 2.30. The molecule has 0 unspecified atom stereocenters. The molecule has 0 bridgehead atoms. The van der Waals surface area contributed by atoms with Crippen molar-refractivity contribution in [1.82, 2.24) is 13.7 Å². The lowest BCUT2D eigenvalue weighted by atomic mass is 10.1. The molecule has 0 spiro atoms. The van der Waals surface area contributed by atoms with Crippen molar-refractivity contribution < 1.29 is 26.3 Å². The molecule has 3 aromatic rings. The average Bonchev–Trinajstić information content (AvgIpc) is 3.62. The molecular weight excluding hydrogens is 530 g/mol. The van der Waals surface area contributed by atoms with Gasteiger partial charge in [0.2, 0.25) is 20.0 Å². The number of methoxy groups -OCH3 is 2. The van der Waals surface area contributed by atoms with E-state index >= 15 is 0 Å². The Morgan fingerprint density at radius 3 is 2.28 bits per heavy atom. The summed E-state index contributed by atoms with van der Waals surface area (Å²) in [7, 11) is -4.79. The molecule has 1 saturated carbocycles. The number of nitrogens with two attached hydrogens (primary N) is 1. The Morgan fingerprint density at radius 1 is 1.03 bits per heavy atom. The molecular formula is C22H26ClN5O6S2. The number of hydrogen-bond acceptors (Lipinski definition) is 8. The molecule has 0 amide bonds. The summed E-state index contributed by atoms with van der Waals surface area (Å²) in [4.78, 5) is 6.43. The first-order valence-electron chi connectivity index (χ1n) is 11.2. The second-order valence-electron chi connectivity index (χ2n) is 8.75. The van der Waals surface area contributed by atoms with Crippen LogP contribution in [0.5, 0.6) is 11.5 Å². The standard InChI is InChI=1S/C22H26ClN5O6S2/c1-33-20-16(12-17(23)21(34-2)22(20)35(24,29)30)18-13-27-6-5-14(11-19(27)25-18)26-7-9-28(10-8-26)36(31,32)15-3-4-15/h5-6,11-13,15H,3-4,7-10H2,1-2H3,(H2,24,29,30). The van der Waals surface area contributed by atoms with Gasteiger partial charge in [-0.15, -0.1) is 0 Å². The lowest BCUT2D eigenvalue weighted by Gasteiger charge is -2.35. The van der Waals surface area contributed by atoms with Gasteiger partial charge in [-0.1, -0.05) is 11.6 Å². The Labute approximate surface area is 214 Å². The number of pyridine rings is 1. The molecule has 1 aliphatic carbocycles. The normalized spacial score (nSPS) is 17.5. The average molecular weight is 556 g/mol. The Hall–Kier alpha value is -2.58. The molecule has 2 fully saturated rings. The van der Waals surface area contributed by atoms with Gasteiger partial charge in [0.15, 0.2) is 16.4 Å². The van der Waals surface area contributed by atoms with Crippen molar-refractivity contribution in [2.24, 2.45) is 5.14 Å². The third-order valence-corrected chi connectivity index (χ3v) is 10.1. The molecule has 194 valence electrons. The molecule has 2 aromatic heterocycles. The van der Waals surface area contributed by atoms with E-state index in [4.69, 9.17) is 26.2 Å². The zero-order valence-corrected chi connectivity index (χ0v) is 22.1. The topological polar surface area (TPSA) is 137 Å². The Kier molecular flexibility index (Phi) is 6.32. The molecule has 11 nitrogen and oxygen atoms in total. The largest absolute Gasteiger partial charge is 0.494 e. The minimum atomic E-state index is -4.23. The van der Waals surface area contributed by atoms with E-state index in [0.29, 0.717) is 43.1 Å². The third kappa shape index (κ3) is 4.39.